The fraction of sp³-hybridized carbons (Fsp3) is 0.600. The Morgan fingerprint density at radius 1 is 1.38 bits per heavy atom. The van der Waals surface area contributed by atoms with Gasteiger partial charge in [0.25, 0.3) is 0 Å². The van der Waals surface area contributed by atoms with E-state index in [2.05, 4.69) is 11.6 Å². The van der Waals surface area contributed by atoms with E-state index < -0.39 is 10.0 Å². The Labute approximate surface area is 126 Å². The first kappa shape index (κ1) is 16.4. The quantitative estimate of drug-likeness (QED) is 0.558. The number of epoxide rings is 1. The number of unbranched alkanes of at least 4 members (excludes halogenated alkanes) is 1. The fourth-order valence-corrected chi connectivity index (χ4v) is 3.20. The van der Waals surface area contributed by atoms with E-state index >= 15 is 0 Å². The minimum Gasteiger partial charge on any atom is -0.380 e. The molecule has 21 heavy (non-hydrogen) atoms. The number of sulfonamides is 1. The van der Waals surface area contributed by atoms with Crippen molar-refractivity contribution in [2.24, 2.45) is 0 Å². The van der Waals surface area contributed by atoms with Crippen molar-refractivity contribution >= 4 is 10.0 Å². The van der Waals surface area contributed by atoms with Crippen molar-refractivity contribution < 1.29 is 17.9 Å². The Kier molecular flexibility index (Phi) is 5.75. The summed E-state index contributed by atoms with van der Waals surface area (Å²) in [6.07, 6.45) is 1.95. The van der Waals surface area contributed by atoms with Crippen LogP contribution in [0.25, 0.3) is 0 Å². The maximum Gasteiger partial charge on any atom is 0.240 e. The number of benzene rings is 1. The molecule has 0 saturated carbocycles. The van der Waals surface area contributed by atoms with Gasteiger partial charge < -0.3 is 9.47 Å². The van der Waals surface area contributed by atoms with Gasteiger partial charge in [0.05, 0.1) is 30.3 Å². The van der Waals surface area contributed by atoms with Crippen molar-refractivity contribution in [3.8, 4) is 0 Å². The Morgan fingerprint density at radius 3 is 2.62 bits per heavy atom. The summed E-state index contributed by atoms with van der Waals surface area (Å²) < 4.78 is 38.1. The fourth-order valence-electron chi connectivity index (χ4n) is 1.95. The van der Waals surface area contributed by atoms with Gasteiger partial charge in [0.15, 0.2) is 0 Å². The summed E-state index contributed by atoms with van der Waals surface area (Å²) in [6, 6.07) is 6.47. The van der Waals surface area contributed by atoms with Crippen LogP contribution in [0.15, 0.2) is 29.2 Å². The van der Waals surface area contributed by atoms with Gasteiger partial charge in [-0.15, -0.1) is 0 Å². The van der Waals surface area contributed by atoms with Crippen molar-refractivity contribution in [3.63, 3.8) is 0 Å². The topological polar surface area (TPSA) is 67.9 Å². The van der Waals surface area contributed by atoms with Gasteiger partial charge in [0.1, 0.15) is 0 Å². The average Bonchev–Trinajstić information content (AvgIpc) is 3.27. The Hall–Kier alpha value is -0.950. The summed E-state index contributed by atoms with van der Waals surface area (Å²) >= 11 is 0. The highest BCUT2D eigenvalue weighted by Crippen LogP contribution is 2.18. The molecule has 0 unspecified atom stereocenters. The summed E-state index contributed by atoms with van der Waals surface area (Å²) in [5.41, 5.74) is 1.03. The van der Waals surface area contributed by atoms with Crippen LogP contribution in [-0.2, 0) is 19.5 Å². The Morgan fingerprint density at radius 2 is 2.05 bits per heavy atom. The first-order valence-corrected chi connectivity index (χ1v) is 8.79. The maximum atomic E-state index is 12.4. The first-order valence-electron chi connectivity index (χ1n) is 7.31. The smallest absolute Gasteiger partial charge is 0.240 e. The van der Waals surface area contributed by atoms with Crippen LogP contribution in [0.5, 0.6) is 0 Å². The molecule has 5 nitrogen and oxygen atoms in total. The normalized spacial score (nSPS) is 19.4. The van der Waals surface area contributed by atoms with Gasteiger partial charge >= 0.3 is 0 Å². The molecule has 1 aromatic rings. The molecule has 0 radical (unpaired) electrons. The van der Waals surface area contributed by atoms with Crippen molar-refractivity contribution in [3.05, 3.63) is 29.8 Å². The lowest BCUT2D eigenvalue weighted by Gasteiger charge is -2.17. The minimum absolute atomic E-state index is 0.0770. The monoisotopic (exact) mass is 313 g/mol. The molecule has 1 aliphatic heterocycles. The van der Waals surface area contributed by atoms with Crippen LogP contribution in [0.2, 0.25) is 0 Å². The summed E-state index contributed by atoms with van der Waals surface area (Å²) in [4.78, 5) is 0.271. The zero-order valence-corrected chi connectivity index (χ0v) is 13.4. The molecule has 1 N–H and O–H groups in total. The maximum absolute atomic E-state index is 12.4. The molecule has 0 bridgehead atoms. The van der Waals surface area contributed by atoms with Crippen molar-refractivity contribution in [1.29, 1.82) is 0 Å². The summed E-state index contributed by atoms with van der Waals surface area (Å²) in [5.74, 6) is 0. The Bertz CT molecular complexity index is 537. The van der Waals surface area contributed by atoms with E-state index in [4.69, 9.17) is 9.47 Å². The Balaban J connectivity index is 1.96. The third kappa shape index (κ3) is 5.07. The molecule has 2 rings (SSSR count). The number of aryl methyl sites for hydroxylation is 1. The van der Waals surface area contributed by atoms with E-state index in [1.165, 1.54) is 0 Å². The molecule has 0 spiro atoms. The van der Waals surface area contributed by atoms with Gasteiger partial charge in [0, 0.05) is 6.61 Å². The second-order valence-corrected chi connectivity index (χ2v) is 7.06. The van der Waals surface area contributed by atoms with E-state index in [0.717, 1.165) is 18.4 Å². The van der Waals surface area contributed by atoms with E-state index in [0.29, 0.717) is 19.8 Å². The first-order chi connectivity index (χ1) is 10.0. The second kappa shape index (κ2) is 7.35. The van der Waals surface area contributed by atoms with E-state index in [9.17, 15) is 8.42 Å². The average molecular weight is 313 g/mol. The van der Waals surface area contributed by atoms with Gasteiger partial charge in [-0.2, -0.15) is 0 Å². The highest BCUT2D eigenvalue weighted by atomic mass is 32.2. The molecule has 1 fully saturated rings. The largest absolute Gasteiger partial charge is 0.380 e. The number of hydrogen-bond acceptors (Lipinski definition) is 4. The highest BCUT2D eigenvalue weighted by molar-refractivity contribution is 7.89. The summed E-state index contributed by atoms with van der Waals surface area (Å²) in [7, 11) is -3.53. The molecular weight excluding hydrogens is 290 g/mol. The van der Waals surface area contributed by atoms with Gasteiger partial charge in [-0.25, -0.2) is 13.1 Å². The third-order valence-corrected chi connectivity index (χ3v) is 4.89. The SMILES string of the molecule is CCCCOC[C@@H](NS(=O)(=O)c1ccc(C)cc1)[C@H]1CO1. The van der Waals surface area contributed by atoms with Crippen LogP contribution in [-0.4, -0.2) is 40.4 Å². The van der Waals surface area contributed by atoms with Crippen molar-refractivity contribution in [2.45, 2.75) is 43.7 Å². The number of ether oxygens (including phenoxy) is 2. The molecule has 2 atom stereocenters. The van der Waals surface area contributed by atoms with Gasteiger partial charge in [0.2, 0.25) is 10.0 Å². The molecule has 0 aromatic heterocycles. The molecule has 0 aliphatic carbocycles. The number of rotatable bonds is 9. The minimum atomic E-state index is -3.53. The molecule has 1 heterocycles. The molecule has 6 heteroatoms. The van der Waals surface area contributed by atoms with Crippen LogP contribution in [0.4, 0.5) is 0 Å². The number of hydrogen-bond donors (Lipinski definition) is 1. The summed E-state index contributed by atoms with van der Waals surface area (Å²) in [5, 5.41) is 0. The molecule has 1 aromatic carbocycles. The number of nitrogens with one attached hydrogen (secondary N) is 1. The van der Waals surface area contributed by atoms with Crippen LogP contribution in [0.1, 0.15) is 25.3 Å². The van der Waals surface area contributed by atoms with E-state index in [-0.39, 0.29) is 17.0 Å². The van der Waals surface area contributed by atoms with Crippen LogP contribution >= 0.6 is 0 Å². The van der Waals surface area contributed by atoms with Gasteiger partial charge in [-0.3, -0.25) is 0 Å². The zero-order chi connectivity index (χ0) is 15.3. The highest BCUT2D eigenvalue weighted by Gasteiger charge is 2.36. The van der Waals surface area contributed by atoms with Gasteiger partial charge in [-0.1, -0.05) is 31.0 Å². The third-order valence-electron chi connectivity index (χ3n) is 3.39. The van der Waals surface area contributed by atoms with Crippen molar-refractivity contribution in [1.82, 2.24) is 4.72 Å². The van der Waals surface area contributed by atoms with Gasteiger partial charge in [-0.05, 0) is 25.5 Å². The lowest BCUT2D eigenvalue weighted by atomic mass is 10.2. The van der Waals surface area contributed by atoms with E-state index in [1.807, 2.05) is 6.92 Å². The molecule has 1 saturated heterocycles. The predicted molar refractivity (Wildman–Crippen MR) is 80.8 cm³/mol. The predicted octanol–water partition coefficient (Wildman–Crippen LogP) is 1.86. The lowest BCUT2D eigenvalue weighted by Crippen LogP contribution is -2.42. The summed E-state index contributed by atoms with van der Waals surface area (Å²) in [6.45, 7) is 5.58. The van der Waals surface area contributed by atoms with Crippen molar-refractivity contribution in [2.75, 3.05) is 19.8 Å². The van der Waals surface area contributed by atoms with E-state index in [1.54, 1.807) is 24.3 Å². The van der Waals surface area contributed by atoms with Crippen LogP contribution in [0.3, 0.4) is 0 Å². The van der Waals surface area contributed by atoms with Crippen LogP contribution in [0, 0.1) is 6.92 Å². The molecule has 0 amide bonds. The zero-order valence-electron chi connectivity index (χ0n) is 12.5. The molecular formula is C15H23NO4S. The molecule has 118 valence electrons. The van der Waals surface area contributed by atoms with Crippen LogP contribution < -0.4 is 4.72 Å². The molecule has 1 aliphatic rings. The lowest BCUT2D eigenvalue weighted by molar-refractivity contribution is 0.106. The standard InChI is InChI=1S/C15H23NO4S/c1-3-4-9-19-10-14(15-11-20-15)16-21(17,18)13-7-5-12(2)6-8-13/h5-8,14-16H,3-4,9-11H2,1-2H3/t14-,15-/m1/s1. The second-order valence-electron chi connectivity index (χ2n) is 5.34.